The van der Waals surface area contributed by atoms with Gasteiger partial charge in [-0.25, -0.2) is 0 Å². The molecule has 10 heteroatoms. The summed E-state index contributed by atoms with van der Waals surface area (Å²) in [6, 6.07) is 4.47. The second-order valence-electron chi connectivity index (χ2n) is 4.87. The van der Waals surface area contributed by atoms with Crippen LogP contribution in [0.5, 0.6) is 0 Å². The highest BCUT2D eigenvalue weighted by atomic mass is 35.5. The van der Waals surface area contributed by atoms with Crippen molar-refractivity contribution < 1.29 is 31.1 Å². The SMILES string of the molecule is O=C(Nc1cc(C(F)(F)F)cc(C(F)(F)F)c1)c1ccc(Cl)cc1Cl. The van der Waals surface area contributed by atoms with E-state index in [1.54, 1.807) is 0 Å². The number of nitrogens with one attached hydrogen (secondary N) is 1. The Morgan fingerprint density at radius 1 is 0.840 bits per heavy atom. The minimum absolute atomic E-state index is 0.0368. The number of hydrogen-bond donors (Lipinski definition) is 1. The van der Waals surface area contributed by atoms with Crippen LogP contribution in [0.2, 0.25) is 10.0 Å². The molecule has 134 valence electrons. The van der Waals surface area contributed by atoms with Crippen LogP contribution in [-0.2, 0) is 12.4 Å². The Labute approximate surface area is 147 Å². The Morgan fingerprint density at radius 3 is 1.80 bits per heavy atom. The van der Waals surface area contributed by atoms with Gasteiger partial charge < -0.3 is 5.32 Å². The van der Waals surface area contributed by atoms with Crippen LogP contribution in [0.25, 0.3) is 0 Å². The highest BCUT2D eigenvalue weighted by molar-refractivity contribution is 6.37. The van der Waals surface area contributed by atoms with Gasteiger partial charge in [-0.2, -0.15) is 26.3 Å². The third kappa shape index (κ3) is 4.79. The smallest absolute Gasteiger partial charge is 0.322 e. The third-order valence-corrected chi connectivity index (χ3v) is 3.57. The van der Waals surface area contributed by atoms with Crippen LogP contribution >= 0.6 is 23.2 Å². The van der Waals surface area contributed by atoms with E-state index in [1.807, 2.05) is 5.32 Å². The second-order valence-corrected chi connectivity index (χ2v) is 5.72. The van der Waals surface area contributed by atoms with Crippen LogP contribution in [-0.4, -0.2) is 5.91 Å². The molecular weight excluding hydrogens is 395 g/mol. The predicted octanol–water partition coefficient (Wildman–Crippen LogP) is 6.28. The average molecular weight is 402 g/mol. The zero-order valence-corrected chi connectivity index (χ0v) is 13.4. The number of carbonyl (C=O) groups is 1. The molecule has 2 nitrogen and oxygen atoms in total. The predicted molar refractivity (Wildman–Crippen MR) is 80.9 cm³/mol. The fraction of sp³-hybridized carbons (Fsp3) is 0.133. The molecule has 0 unspecified atom stereocenters. The number of carbonyl (C=O) groups excluding carboxylic acids is 1. The van der Waals surface area contributed by atoms with E-state index in [4.69, 9.17) is 23.2 Å². The van der Waals surface area contributed by atoms with E-state index < -0.39 is 35.1 Å². The first-order valence-electron chi connectivity index (χ1n) is 6.44. The molecule has 0 aliphatic rings. The fourth-order valence-corrected chi connectivity index (χ4v) is 2.39. The molecule has 0 heterocycles. The fourth-order valence-electron chi connectivity index (χ4n) is 1.90. The van der Waals surface area contributed by atoms with Crippen molar-refractivity contribution in [3.05, 3.63) is 63.1 Å². The lowest BCUT2D eigenvalue weighted by Gasteiger charge is -2.15. The molecule has 1 amide bonds. The first-order chi connectivity index (χ1) is 11.4. The average Bonchev–Trinajstić information content (AvgIpc) is 2.44. The van der Waals surface area contributed by atoms with Gasteiger partial charge in [0.2, 0.25) is 0 Å². The molecule has 0 aliphatic heterocycles. The zero-order chi connectivity index (χ0) is 19.0. The lowest BCUT2D eigenvalue weighted by Crippen LogP contribution is -2.16. The number of halogens is 8. The minimum atomic E-state index is -5.02. The van der Waals surface area contributed by atoms with Gasteiger partial charge >= 0.3 is 12.4 Å². The first kappa shape index (κ1) is 19.4. The topological polar surface area (TPSA) is 29.1 Å². The quantitative estimate of drug-likeness (QED) is 0.589. The van der Waals surface area contributed by atoms with Crippen molar-refractivity contribution in [3.63, 3.8) is 0 Å². The van der Waals surface area contributed by atoms with Crippen molar-refractivity contribution in [2.75, 3.05) is 5.32 Å². The molecular formula is C15H7Cl2F6NO. The Bertz CT molecular complexity index is 784. The van der Waals surface area contributed by atoms with E-state index in [9.17, 15) is 31.1 Å². The van der Waals surface area contributed by atoms with Crippen molar-refractivity contribution in [1.29, 1.82) is 0 Å². The molecule has 0 radical (unpaired) electrons. The van der Waals surface area contributed by atoms with Crippen LogP contribution in [0.15, 0.2) is 36.4 Å². The molecule has 2 aromatic carbocycles. The van der Waals surface area contributed by atoms with Crippen LogP contribution in [0.4, 0.5) is 32.0 Å². The van der Waals surface area contributed by atoms with Gasteiger partial charge in [-0.1, -0.05) is 23.2 Å². The van der Waals surface area contributed by atoms with Crippen LogP contribution < -0.4 is 5.32 Å². The van der Waals surface area contributed by atoms with Crippen LogP contribution in [0, 0.1) is 0 Å². The summed E-state index contributed by atoms with van der Waals surface area (Å²) in [5, 5.41) is 2.08. The molecule has 2 rings (SSSR count). The summed E-state index contributed by atoms with van der Waals surface area (Å²) < 4.78 is 76.7. The minimum Gasteiger partial charge on any atom is -0.322 e. The number of amides is 1. The molecule has 2 aromatic rings. The van der Waals surface area contributed by atoms with Gasteiger partial charge in [0.25, 0.3) is 5.91 Å². The number of hydrogen-bond acceptors (Lipinski definition) is 1. The largest absolute Gasteiger partial charge is 0.416 e. The molecule has 0 spiro atoms. The van der Waals surface area contributed by atoms with Gasteiger partial charge in [0.1, 0.15) is 0 Å². The summed E-state index contributed by atoms with van der Waals surface area (Å²) in [5.74, 6) is -0.978. The van der Waals surface area contributed by atoms with Crippen LogP contribution in [0.1, 0.15) is 21.5 Å². The Hall–Kier alpha value is -1.93. The second kappa shape index (κ2) is 6.76. The van der Waals surface area contributed by atoms with E-state index in [-0.39, 0.29) is 21.7 Å². The number of benzene rings is 2. The summed E-state index contributed by atoms with van der Waals surface area (Å²) in [6.45, 7) is 0. The summed E-state index contributed by atoms with van der Waals surface area (Å²) in [4.78, 5) is 12.1. The van der Waals surface area contributed by atoms with Gasteiger partial charge in [-0.3, -0.25) is 4.79 Å². The zero-order valence-electron chi connectivity index (χ0n) is 11.9. The monoisotopic (exact) mass is 401 g/mol. The lowest BCUT2D eigenvalue weighted by atomic mass is 10.1. The van der Waals surface area contributed by atoms with Gasteiger partial charge in [0.15, 0.2) is 0 Å². The Kier molecular flexibility index (Phi) is 5.24. The normalized spacial score (nSPS) is 12.2. The first-order valence-corrected chi connectivity index (χ1v) is 7.19. The van der Waals surface area contributed by atoms with E-state index in [0.717, 1.165) is 0 Å². The molecule has 0 fully saturated rings. The number of alkyl halides is 6. The van der Waals surface area contributed by atoms with Crippen molar-refractivity contribution >= 4 is 34.8 Å². The molecule has 0 atom stereocenters. The summed E-state index contributed by atoms with van der Waals surface area (Å²) in [6.07, 6.45) is -10.0. The van der Waals surface area contributed by atoms with Gasteiger partial charge in [0.05, 0.1) is 21.7 Å². The van der Waals surface area contributed by atoms with E-state index in [1.165, 1.54) is 18.2 Å². The van der Waals surface area contributed by atoms with Crippen molar-refractivity contribution in [3.8, 4) is 0 Å². The van der Waals surface area contributed by atoms with Gasteiger partial charge in [-0.15, -0.1) is 0 Å². The lowest BCUT2D eigenvalue weighted by molar-refractivity contribution is -0.143. The highest BCUT2D eigenvalue weighted by Crippen LogP contribution is 2.37. The maximum Gasteiger partial charge on any atom is 0.416 e. The Morgan fingerprint density at radius 2 is 1.36 bits per heavy atom. The summed E-state index contributed by atoms with van der Waals surface area (Å²) in [5.41, 5.74) is -3.91. The summed E-state index contributed by atoms with van der Waals surface area (Å²) >= 11 is 11.5. The maximum atomic E-state index is 12.8. The standard InChI is InChI=1S/C15H7Cl2F6NO/c16-9-1-2-11(12(17)6-9)13(25)24-10-4-7(14(18,19)20)3-8(5-10)15(21,22)23/h1-6H,(H,24,25). The Balaban J connectivity index is 2.43. The summed E-state index contributed by atoms with van der Waals surface area (Å²) in [7, 11) is 0. The molecule has 25 heavy (non-hydrogen) atoms. The molecule has 0 saturated heterocycles. The number of anilines is 1. The van der Waals surface area contributed by atoms with E-state index >= 15 is 0 Å². The molecule has 0 aliphatic carbocycles. The van der Waals surface area contributed by atoms with Gasteiger partial charge in [0, 0.05) is 10.7 Å². The molecule has 0 aromatic heterocycles. The van der Waals surface area contributed by atoms with Crippen molar-refractivity contribution in [1.82, 2.24) is 0 Å². The van der Waals surface area contributed by atoms with E-state index in [0.29, 0.717) is 12.1 Å². The molecule has 0 bridgehead atoms. The van der Waals surface area contributed by atoms with Crippen LogP contribution in [0.3, 0.4) is 0 Å². The highest BCUT2D eigenvalue weighted by Gasteiger charge is 2.37. The number of rotatable bonds is 2. The van der Waals surface area contributed by atoms with E-state index in [2.05, 4.69) is 0 Å². The maximum absolute atomic E-state index is 12.8. The molecule has 1 N–H and O–H groups in total. The molecule has 0 saturated carbocycles. The third-order valence-electron chi connectivity index (χ3n) is 3.02. The van der Waals surface area contributed by atoms with Crippen molar-refractivity contribution in [2.24, 2.45) is 0 Å². The van der Waals surface area contributed by atoms with Crippen molar-refractivity contribution in [2.45, 2.75) is 12.4 Å². The van der Waals surface area contributed by atoms with Gasteiger partial charge in [-0.05, 0) is 36.4 Å².